The minimum absolute atomic E-state index is 0.134. The number of hydrogen-bond donors (Lipinski definition) is 3. The number of likely N-dealkylation sites (N-methyl/N-ethyl adjacent to an activating group) is 1. The Bertz CT molecular complexity index is 1300. The van der Waals surface area contributed by atoms with Gasteiger partial charge in [-0.15, -0.1) is 6.58 Å². The van der Waals surface area contributed by atoms with Crippen molar-refractivity contribution < 1.29 is 9.53 Å². The van der Waals surface area contributed by atoms with E-state index in [2.05, 4.69) is 42.5 Å². The van der Waals surface area contributed by atoms with Crippen LogP contribution in [0.5, 0.6) is 5.75 Å². The number of ether oxygens (including phenoxy) is 1. The van der Waals surface area contributed by atoms with Gasteiger partial charge in [0.1, 0.15) is 23.7 Å². The second-order valence-electron chi connectivity index (χ2n) is 8.93. The number of benzene rings is 1. The molecule has 0 atom stereocenters. The van der Waals surface area contributed by atoms with Gasteiger partial charge in [-0.05, 0) is 64.7 Å². The van der Waals surface area contributed by atoms with Gasteiger partial charge in [-0.2, -0.15) is 10.1 Å². The lowest BCUT2D eigenvalue weighted by Crippen LogP contribution is -2.26. The molecule has 0 bridgehead atoms. The summed E-state index contributed by atoms with van der Waals surface area (Å²) in [6.07, 6.45) is 3.01. The maximum atomic E-state index is 12.7. The Balaban J connectivity index is 1.87. The van der Waals surface area contributed by atoms with Gasteiger partial charge in [0.2, 0.25) is 5.95 Å². The molecule has 196 valence electrons. The summed E-state index contributed by atoms with van der Waals surface area (Å²) in [5.41, 5.74) is 1.72. The van der Waals surface area contributed by atoms with Gasteiger partial charge in [0.25, 0.3) is 11.5 Å². The van der Waals surface area contributed by atoms with Crippen LogP contribution in [-0.4, -0.2) is 64.3 Å². The summed E-state index contributed by atoms with van der Waals surface area (Å²) in [5, 5.41) is 13.3. The molecule has 37 heavy (non-hydrogen) atoms. The first kappa shape index (κ1) is 27.3. The van der Waals surface area contributed by atoms with Crippen LogP contribution < -0.4 is 26.2 Å². The summed E-state index contributed by atoms with van der Waals surface area (Å²) in [6.45, 7) is 11.0. The van der Waals surface area contributed by atoms with Gasteiger partial charge in [-0.25, -0.2) is 9.67 Å². The van der Waals surface area contributed by atoms with Crippen molar-refractivity contribution in [2.45, 2.75) is 26.8 Å². The van der Waals surface area contributed by atoms with E-state index in [-0.39, 0.29) is 41.4 Å². The van der Waals surface area contributed by atoms with E-state index in [1.807, 2.05) is 53.1 Å². The van der Waals surface area contributed by atoms with E-state index in [9.17, 15) is 9.59 Å². The van der Waals surface area contributed by atoms with Crippen molar-refractivity contribution in [3.63, 3.8) is 0 Å². The number of hydrogen-bond acceptors (Lipinski definition) is 9. The highest BCUT2D eigenvalue weighted by Gasteiger charge is 2.16. The van der Waals surface area contributed by atoms with Crippen molar-refractivity contribution in [2.75, 3.05) is 44.4 Å². The molecule has 0 spiro atoms. The van der Waals surface area contributed by atoms with E-state index in [4.69, 9.17) is 4.74 Å². The maximum Gasteiger partial charge on any atom is 0.267 e. The number of anilines is 4. The molecule has 2 aromatic heterocycles. The second kappa shape index (κ2) is 12.6. The number of rotatable bonds is 12. The highest BCUT2D eigenvalue weighted by molar-refractivity contribution is 5.99. The van der Waals surface area contributed by atoms with E-state index in [0.29, 0.717) is 12.4 Å². The van der Waals surface area contributed by atoms with Crippen molar-refractivity contribution in [1.82, 2.24) is 30.0 Å². The predicted molar refractivity (Wildman–Crippen MR) is 145 cm³/mol. The van der Waals surface area contributed by atoms with Crippen LogP contribution in [0.3, 0.4) is 0 Å². The molecule has 1 aromatic carbocycles. The lowest BCUT2D eigenvalue weighted by Gasteiger charge is -2.15. The molecule has 11 heteroatoms. The Morgan fingerprint density at radius 1 is 1.22 bits per heavy atom. The first-order chi connectivity index (χ1) is 17.7. The number of nitrogens with one attached hydrogen (secondary N) is 3. The zero-order valence-corrected chi connectivity index (χ0v) is 21.9. The monoisotopic (exact) mass is 506 g/mol. The molecule has 3 rings (SSSR count). The zero-order valence-electron chi connectivity index (χ0n) is 21.9. The Kier molecular flexibility index (Phi) is 9.33. The Morgan fingerprint density at radius 2 is 2.00 bits per heavy atom. The summed E-state index contributed by atoms with van der Waals surface area (Å²) in [4.78, 5) is 35.7. The standard InChI is InChI=1S/C26H34N8O3/c1-7-12-27-25(36)20-16-28-26(29-19-8-9-21(18(4)15-19)37-14-13-33(5)6)31-24(20)30-22-10-11-23(35)34(32-22)17(2)3/h7-11,15-17H,1,12-14H2,2-6H3,(H,27,36)(H2,28,29,30,31,32). The lowest BCUT2D eigenvalue weighted by molar-refractivity contribution is 0.0958. The molecular weight excluding hydrogens is 472 g/mol. The molecule has 3 N–H and O–H groups in total. The Morgan fingerprint density at radius 3 is 2.68 bits per heavy atom. The van der Waals surface area contributed by atoms with Crippen LogP contribution in [0, 0.1) is 6.92 Å². The summed E-state index contributed by atoms with van der Waals surface area (Å²) in [6, 6.07) is 8.53. The van der Waals surface area contributed by atoms with Gasteiger partial charge in [0, 0.05) is 31.0 Å². The summed E-state index contributed by atoms with van der Waals surface area (Å²) >= 11 is 0. The quantitative estimate of drug-likeness (QED) is 0.317. The molecule has 0 saturated heterocycles. The molecule has 1 amide bonds. The van der Waals surface area contributed by atoms with Gasteiger partial charge < -0.3 is 25.6 Å². The fourth-order valence-corrected chi connectivity index (χ4v) is 3.30. The van der Waals surface area contributed by atoms with Crippen LogP contribution in [0.25, 0.3) is 0 Å². The van der Waals surface area contributed by atoms with E-state index in [1.54, 1.807) is 12.1 Å². The molecule has 0 saturated carbocycles. The normalized spacial score (nSPS) is 10.9. The van der Waals surface area contributed by atoms with Gasteiger partial charge in [0.05, 0.1) is 6.04 Å². The highest BCUT2D eigenvalue weighted by Crippen LogP contribution is 2.25. The van der Waals surface area contributed by atoms with Crippen molar-refractivity contribution >= 4 is 29.2 Å². The van der Waals surface area contributed by atoms with Crippen LogP contribution in [0.1, 0.15) is 35.8 Å². The van der Waals surface area contributed by atoms with Crippen molar-refractivity contribution in [3.8, 4) is 5.75 Å². The maximum absolute atomic E-state index is 12.7. The average Bonchev–Trinajstić information content (AvgIpc) is 2.85. The number of aromatic nitrogens is 4. The van der Waals surface area contributed by atoms with Gasteiger partial charge in [0.15, 0.2) is 5.82 Å². The Labute approximate surface area is 216 Å². The lowest BCUT2D eigenvalue weighted by atomic mass is 10.2. The molecule has 3 aromatic rings. The van der Waals surface area contributed by atoms with Crippen LogP contribution in [0.4, 0.5) is 23.3 Å². The van der Waals surface area contributed by atoms with Crippen LogP contribution in [0.2, 0.25) is 0 Å². The first-order valence-electron chi connectivity index (χ1n) is 12.0. The topological polar surface area (TPSA) is 126 Å². The molecular formula is C26H34N8O3. The second-order valence-corrected chi connectivity index (χ2v) is 8.93. The van der Waals surface area contributed by atoms with E-state index in [0.717, 1.165) is 23.5 Å². The van der Waals surface area contributed by atoms with Crippen LogP contribution in [-0.2, 0) is 0 Å². The van der Waals surface area contributed by atoms with Gasteiger partial charge >= 0.3 is 0 Å². The molecule has 2 heterocycles. The number of aryl methyl sites for hydroxylation is 1. The highest BCUT2D eigenvalue weighted by atomic mass is 16.5. The SMILES string of the molecule is C=CCNC(=O)c1cnc(Nc2ccc(OCCN(C)C)c(C)c2)nc1Nc1ccc(=O)n(C(C)C)n1. The van der Waals surface area contributed by atoms with E-state index >= 15 is 0 Å². The Hall–Kier alpha value is -4.25. The molecule has 0 aliphatic rings. The summed E-state index contributed by atoms with van der Waals surface area (Å²) < 4.78 is 7.21. The van der Waals surface area contributed by atoms with Crippen LogP contribution in [0.15, 0.2) is 54.0 Å². The molecule has 11 nitrogen and oxygen atoms in total. The smallest absolute Gasteiger partial charge is 0.267 e. The fraction of sp³-hybridized carbons (Fsp3) is 0.346. The first-order valence-corrected chi connectivity index (χ1v) is 12.0. The molecule has 0 unspecified atom stereocenters. The minimum atomic E-state index is -0.374. The molecule has 0 aliphatic carbocycles. The number of amides is 1. The summed E-state index contributed by atoms with van der Waals surface area (Å²) in [7, 11) is 4.00. The summed E-state index contributed by atoms with van der Waals surface area (Å²) in [5.74, 6) is 1.31. The van der Waals surface area contributed by atoms with Crippen molar-refractivity contribution in [2.24, 2.45) is 0 Å². The molecule has 0 fully saturated rings. The predicted octanol–water partition coefficient (Wildman–Crippen LogP) is 3.27. The third-order valence-electron chi connectivity index (χ3n) is 5.23. The zero-order chi connectivity index (χ0) is 26.9. The van der Waals surface area contributed by atoms with Crippen molar-refractivity contribution in [1.29, 1.82) is 0 Å². The van der Waals surface area contributed by atoms with Gasteiger partial charge in [-0.3, -0.25) is 9.59 Å². The molecule has 0 radical (unpaired) electrons. The molecule has 0 aliphatic heterocycles. The number of nitrogens with zero attached hydrogens (tertiary/aromatic N) is 5. The fourth-order valence-electron chi connectivity index (χ4n) is 3.30. The average molecular weight is 507 g/mol. The van der Waals surface area contributed by atoms with E-state index in [1.165, 1.54) is 16.9 Å². The number of carbonyl (C=O) groups is 1. The van der Waals surface area contributed by atoms with E-state index < -0.39 is 0 Å². The third kappa shape index (κ3) is 7.61. The van der Waals surface area contributed by atoms with Crippen LogP contribution >= 0.6 is 0 Å². The third-order valence-corrected chi connectivity index (χ3v) is 5.23. The van der Waals surface area contributed by atoms with Crippen molar-refractivity contribution in [3.05, 3.63) is 70.7 Å². The van der Waals surface area contributed by atoms with Gasteiger partial charge in [-0.1, -0.05) is 6.08 Å². The number of carbonyl (C=O) groups excluding carboxylic acids is 1. The largest absolute Gasteiger partial charge is 0.492 e. The minimum Gasteiger partial charge on any atom is -0.492 e.